The molecule has 29 heavy (non-hydrogen) atoms. The first kappa shape index (κ1) is 19.9. The molecule has 0 saturated heterocycles. The van der Waals surface area contributed by atoms with Crippen molar-refractivity contribution in [3.8, 4) is 0 Å². The molecule has 4 rings (SSSR count). The second-order valence-electron chi connectivity index (χ2n) is 8.25. The van der Waals surface area contributed by atoms with Crippen LogP contribution < -0.4 is 10.0 Å². The van der Waals surface area contributed by atoms with Gasteiger partial charge in [0.25, 0.3) is 5.91 Å². The van der Waals surface area contributed by atoms with Crippen molar-refractivity contribution in [2.45, 2.75) is 38.1 Å². The summed E-state index contributed by atoms with van der Waals surface area (Å²) in [5.74, 6) is 0.462. The summed E-state index contributed by atoms with van der Waals surface area (Å²) >= 11 is 0. The Morgan fingerprint density at radius 3 is 2.52 bits per heavy atom. The highest BCUT2D eigenvalue weighted by atomic mass is 32.2. The van der Waals surface area contributed by atoms with Crippen LogP contribution in [-0.4, -0.2) is 32.7 Å². The van der Waals surface area contributed by atoms with Crippen molar-refractivity contribution in [2.75, 3.05) is 19.4 Å². The number of nitrogens with one attached hydrogen (secondary N) is 2. The molecule has 1 aliphatic carbocycles. The van der Waals surface area contributed by atoms with E-state index in [1.165, 1.54) is 50.2 Å². The molecule has 1 saturated carbocycles. The number of anilines is 1. The van der Waals surface area contributed by atoms with Gasteiger partial charge < -0.3 is 5.32 Å². The number of amides is 1. The van der Waals surface area contributed by atoms with E-state index < -0.39 is 16.1 Å². The van der Waals surface area contributed by atoms with E-state index in [1.807, 2.05) is 12.1 Å². The van der Waals surface area contributed by atoms with Crippen LogP contribution in [0, 0.1) is 12.8 Å². The molecular weight excluding hydrogens is 386 g/mol. The highest BCUT2D eigenvalue weighted by Crippen LogP contribution is 2.52. The topological polar surface area (TPSA) is 78.5 Å². The molecule has 1 heterocycles. The average molecular weight is 414 g/mol. The summed E-state index contributed by atoms with van der Waals surface area (Å²) in [6, 6.07) is 14.1. The van der Waals surface area contributed by atoms with Crippen molar-refractivity contribution < 1.29 is 13.2 Å². The molecule has 0 bridgehead atoms. The van der Waals surface area contributed by atoms with E-state index in [9.17, 15) is 13.2 Å². The van der Waals surface area contributed by atoms with Gasteiger partial charge in [-0.1, -0.05) is 36.2 Å². The van der Waals surface area contributed by atoms with Gasteiger partial charge in [-0.05, 0) is 60.9 Å². The number of carbonyl (C=O) groups excluding carboxylic acids is 1. The highest BCUT2D eigenvalue weighted by molar-refractivity contribution is 7.87. The number of carbonyl (C=O) groups is 1. The van der Waals surface area contributed by atoms with Crippen LogP contribution in [-0.2, 0) is 10.2 Å². The minimum atomic E-state index is -3.80. The van der Waals surface area contributed by atoms with Gasteiger partial charge in [0.05, 0.1) is 6.04 Å². The van der Waals surface area contributed by atoms with Crippen molar-refractivity contribution in [3.05, 3.63) is 64.7 Å². The van der Waals surface area contributed by atoms with Gasteiger partial charge in [-0.3, -0.25) is 4.79 Å². The van der Waals surface area contributed by atoms with Gasteiger partial charge in [0.15, 0.2) is 0 Å². The Kier molecular flexibility index (Phi) is 5.12. The Morgan fingerprint density at radius 2 is 1.83 bits per heavy atom. The van der Waals surface area contributed by atoms with Gasteiger partial charge >= 0.3 is 10.2 Å². The zero-order chi connectivity index (χ0) is 20.8. The quantitative estimate of drug-likeness (QED) is 0.803. The molecule has 0 unspecified atom stereocenters. The van der Waals surface area contributed by atoms with Gasteiger partial charge in [0.2, 0.25) is 0 Å². The molecule has 7 heteroatoms. The van der Waals surface area contributed by atoms with Crippen LogP contribution in [0.15, 0.2) is 42.5 Å². The van der Waals surface area contributed by atoms with Crippen LogP contribution in [0.4, 0.5) is 5.69 Å². The third-order valence-electron chi connectivity index (χ3n) is 6.15. The van der Waals surface area contributed by atoms with Gasteiger partial charge in [-0.25, -0.2) is 4.72 Å². The monoisotopic (exact) mass is 413 g/mol. The van der Waals surface area contributed by atoms with Gasteiger partial charge in [-0.15, -0.1) is 0 Å². The van der Waals surface area contributed by atoms with Crippen LogP contribution in [0.1, 0.15) is 58.3 Å². The van der Waals surface area contributed by atoms with E-state index in [0.717, 1.165) is 9.87 Å². The van der Waals surface area contributed by atoms with E-state index in [2.05, 4.69) is 35.2 Å². The Bertz CT molecular complexity index is 1030. The Morgan fingerprint density at radius 1 is 1.10 bits per heavy atom. The number of hydrogen-bond donors (Lipinski definition) is 2. The summed E-state index contributed by atoms with van der Waals surface area (Å²) in [6.45, 7) is 2.14. The molecule has 3 atom stereocenters. The van der Waals surface area contributed by atoms with Crippen molar-refractivity contribution >= 4 is 21.8 Å². The zero-order valence-corrected chi connectivity index (χ0v) is 17.8. The van der Waals surface area contributed by atoms with E-state index in [4.69, 9.17) is 0 Å². The third kappa shape index (κ3) is 3.76. The molecule has 6 nitrogen and oxygen atoms in total. The molecule has 0 radical (unpaired) electrons. The van der Waals surface area contributed by atoms with Crippen LogP contribution in [0.25, 0.3) is 0 Å². The maximum atomic E-state index is 12.3. The molecular formula is C22H27N3O3S. The number of aryl methyl sites for hydroxylation is 1. The molecule has 0 spiro atoms. The van der Waals surface area contributed by atoms with Crippen molar-refractivity contribution in [3.63, 3.8) is 0 Å². The molecule has 1 fully saturated rings. The lowest BCUT2D eigenvalue weighted by atomic mass is 9.77. The highest BCUT2D eigenvalue weighted by Gasteiger charge is 2.40. The van der Waals surface area contributed by atoms with Crippen LogP contribution in [0.3, 0.4) is 0 Å². The number of nitrogens with zero attached hydrogens (tertiary/aromatic N) is 1. The summed E-state index contributed by atoms with van der Waals surface area (Å²) in [5.41, 5.74) is 5.36. The second kappa shape index (κ2) is 7.46. The Balaban J connectivity index is 1.58. The van der Waals surface area contributed by atoms with Crippen LogP contribution in [0.5, 0.6) is 0 Å². The second-order valence-corrected chi connectivity index (χ2v) is 10.1. The number of rotatable bonds is 4. The lowest BCUT2D eigenvalue weighted by molar-refractivity contribution is 0.0979. The maximum absolute atomic E-state index is 12.3. The van der Waals surface area contributed by atoms with Gasteiger partial charge in [0, 0.05) is 25.3 Å². The number of benzene rings is 2. The zero-order valence-electron chi connectivity index (χ0n) is 17.0. The Labute approximate surface area is 172 Å². The average Bonchev–Trinajstić information content (AvgIpc) is 3.17. The molecule has 2 aromatic rings. The predicted molar refractivity (Wildman–Crippen MR) is 114 cm³/mol. The van der Waals surface area contributed by atoms with Gasteiger partial charge in [-0.2, -0.15) is 12.7 Å². The van der Waals surface area contributed by atoms with Crippen molar-refractivity contribution in [1.29, 1.82) is 0 Å². The fourth-order valence-electron chi connectivity index (χ4n) is 4.61. The number of hydrogen-bond acceptors (Lipinski definition) is 4. The van der Waals surface area contributed by atoms with Gasteiger partial charge in [0.1, 0.15) is 0 Å². The summed E-state index contributed by atoms with van der Waals surface area (Å²) in [7, 11) is -1.04. The van der Waals surface area contributed by atoms with E-state index in [-0.39, 0.29) is 6.04 Å². The van der Waals surface area contributed by atoms with E-state index >= 15 is 0 Å². The fraction of sp³-hybridized carbons (Fsp3) is 0.409. The largest absolute Gasteiger partial charge is 0.378 e. The lowest BCUT2D eigenvalue weighted by Gasteiger charge is -2.38. The summed E-state index contributed by atoms with van der Waals surface area (Å²) in [4.78, 5) is 12.3. The Hall–Kier alpha value is -2.38. The summed E-state index contributed by atoms with van der Waals surface area (Å²) < 4.78 is 26.8. The normalized spacial score (nSPS) is 23.2. The smallest absolute Gasteiger partial charge is 0.303 e. The molecule has 1 amide bonds. The lowest BCUT2D eigenvalue weighted by Crippen LogP contribution is -2.39. The molecule has 0 aromatic heterocycles. The van der Waals surface area contributed by atoms with Crippen molar-refractivity contribution in [1.82, 2.24) is 9.03 Å². The molecule has 2 aliphatic rings. The molecule has 154 valence electrons. The molecule has 2 aromatic carbocycles. The summed E-state index contributed by atoms with van der Waals surface area (Å²) in [5, 5.41) is 3.71. The fourth-order valence-corrected chi connectivity index (χ4v) is 5.14. The minimum Gasteiger partial charge on any atom is -0.378 e. The molecule has 1 aliphatic heterocycles. The van der Waals surface area contributed by atoms with E-state index in [1.54, 1.807) is 12.1 Å². The molecule has 2 N–H and O–H groups in total. The first-order valence-corrected chi connectivity index (χ1v) is 11.4. The maximum Gasteiger partial charge on any atom is 0.303 e. The standard InChI is InChI=1S/C22H27N3O3S/c1-14-7-12-20-19(13-14)17-5-4-6-18(17)21(23-20)15-8-10-16(11-9-15)22(26)24-29(27,28)25(2)3/h7-13,17-18,21,23H,4-6H2,1-3H3,(H,24,26)/t17-,18+,21+/m1/s1. The van der Waals surface area contributed by atoms with Crippen molar-refractivity contribution in [2.24, 2.45) is 5.92 Å². The van der Waals surface area contributed by atoms with Crippen LogP contribution >= 0.6 is 0 Å². The SMILES string of the molecule is Cc1ccc2c(c1)[C@@H]1CCC[C@@H]1[C@H](c1ccc(C(=O)NS(=O)(=O)N(C)C)cc1)N2. The first-order valence-electron chi connectivity index (χ1n) is 9.98. The predicted octanol–water partition coefficient (Wildman–Crippen LogP) is 3.58. The van der Waals surface area contributed by atoms with Crippen LogP contribution in [0.2, 0.25) is 0 Å². The number of fused-ring (bicyclic) bond motifs is 3. The minimum absolute atomic E-state index is 0.195. The third-order valence-corrected chi connectivity index (χ3v) is 7.55. The first-order chi connectivity index (χ1) is 13.8. The summed E-state index contributed by atoms with van der Waals surface area (Å²) in [6.07, 6.45) is 3.62. The van der Waals surface area contributed by atoms with E-state index in [0.29, 0.717) is 17.4 Å².